The molecule has 0 fully saturated rings. The Kier molecular flexibility index (Phi) is 2.84. The van der Waals surface area contributed by atoms with E-state index in [0.29, 0.717) is 11.5 Å². The summed E-state index contributed by atoms with van der Waals surface area (Å²) in [6.07, 6.45) is 0. The Labute approximate surface area is 76.7 Å². The van der Waals surface area contributed by atoms with E-state index in [9.17, 15) is 5.11 Å². The van der Waals surface area contributed by atoms with Crippen molar-refractivity contribution in [2.75, 3.05) is 21.3 Å². The Morgan fingerprint density at radius 2 is 1.54 bits per heavy atom. The van der Waals surface area contributed by atoms with Gasteiger partial charge in [0, 0.05) is 0 Å². The van der Waals surface area contributed by atoms with Crippen LogP contribution in [0.2, 0.25) is 0 Å². The van der Waals surface area contributed by atoms with Crippen LogP contribution in [0.4, 0.5) is 0 Å². The molecule has 4 nitrogen and oxygen atoms in total. The summed E-state index contributed by atoms with van der Waals surface area (Å²) in [4.78, 5) is 0. The van der Waals surface area contributed by atoms with Crippen molar-refractivity contribution in [2.24, 2.45) is 0 Å². The largest absolute Gasteiger partial charge is 0.493 e. The maximum Gasteiger partial charge on any atom is 0.224 e. The van der Waals surface area contributed by atoms with E-state index in [0.717, 1.165) is 0 Å². The average Bonchev–Trinajstić information content (AvgIpc) is 2.17. The molecule has 13 heavy (non-hydrogen) atoms. The van der Waals surface area contributed by atoms with Gasteiger partial charge >= 0.3 is 0 Å². The van der Waals surface area contributed by atoms with Crippen molar-refractivity contribution >= 4 is 0 Å². The molecule has 0 saturated heterocycles. The van der Waals surface area contributed by atoms with Gasteiger partial charge in [0.05, 0.1) is 21.3 Å². The molecule has 0 aromatic heterocycles. The van der Waals surface area contributed by atoms with Crippen LogP contribution in [0.25, 0.3) is 0 Å². The third-order valence-corrected chi connectivity index (χ3v) is 1.67. The van der Waals surface area contributed by atoms with Crippen LogP contribution >= 0.6 is 0 Å². The van der Waals surface area contributed by atoms with E-state index in [1.54, 1.807) is 6.07 Å². The number of benzene rings is 1. The van der Waals surface area contributed by atoms with Crippen molar-refractivity contribution in [3.8, 4) is 23.0 Å². The molecule has 1 radical (unpaired) electrons. The summed E-state index contributed by atoms with van der Waals surface area (Å²) < 4.78 is 14.9. The van der Waals surface area contributed by atoms with Crippen LogP contribution in [0.15, 0.2) is 12.1 Å². The van der Waals surface area contributed by atoms with E-state index < -0.39 is 0 Å². The Hall–Kier alpha value is -1.58. The fourth-order valence-electron chi connectivity index (χ4n) is 1.07. The first-order chi connectivity index (χ1) is 6.24. The minimum absolute atomic E-state index is 0.168. The molecule has 0 unspecified atom stereocenters. The summed E-state index contributed by atoms with van der Waals surface area (Å²) in [6, 6.07) is 2.92. The summed E-state index contributed by atoms with van der Waals surface area (Å²) in [6.45, 7) is 0. The van der Waals surface area contributed by atoms with Gasteiger partial charge in [0.2, 0.25) is 17.2 Å². The molecule has 1 aromatic carbocycles. The van der Waals surface area contributed by atoms with E-state index in [2.05, 4.69) is 0 Å². The molecule has 0 saturated carbocycles. The Bertz CT molecular complexity index is 296. The maximum atomic E-state index is 11.2. The van der Waals surface area contributed by atoms with Gasteiger partial charge in [-0.3, -0.25) is 5.11 Å². The maximum absolute atomic E-state index is 11.2. The monoisotopic (exact) mass is 183 g/mol. The molecule has 0 atom stereocenters. The molecular formula is C9H11O4. The van der Waals surface area contributed by atoms with Crippen LogP contribution in [0.5, 0.6) is 23.0 Å². The fourth-order valence-corrected chi connectivity index (χ4v) is 1.07. The lowest BCUT2D eigenvalue weighted by molar-refractivity contribution is 0.287. The van der Waals surface area contributed by atoms with Gasteiger partial charge in [0.1, 0.15) is 0 Å². The van der Waals surface area contributed by atoms with Crippen LogP contribution in [0, 0.1) is 0 Å². The topological polar surface area (TPSA) is 47.6 Å². The zero-order chi connectivity index (χ0) is 9.84. The Morgan fingerprint density at radius 1 is 0.923 bits per heavy atom. The van der Waals surface area contributed by atoms with Gasteiger partial charge in [-0.2, -0.15) is 0 Å². The molecule has 1 aromatic rings. The molecule has 0 amide bonds. The number of hydrogen-bond acceptors (Lipinski definition) is 3. The molecule has 0 aliphatic carbocycles. The predicted octanol–water partition coefficient (Wildman–Crippen LogP) is 1.86. The molecule has 0 N–H and O–H groups in total. The summed E-state index contributed by atoms with van der Waals surface area (Å²) >= 11 is 0. The minimum Gasteiger partial charge on any atom is -0.493 e. The first-order valence-electron chi connectivity index (χ1n) is 3.70. The Morgan fingerprint density at radius 3 is 2.00 bits per heavy atom. The smallest absolute Gasteiger partial charge is 0.224 e. The van der Waals surface area contributed by atoms with Crippen LogP contribution in [0.1, 0.15) is 0 Å². The van der Waals surface area contributed by atoms with Crippen molar-refractivity contribution in [3.63, 3.8) is 0 Å². The second kappa shape index (κ2) is 3.89. The lowest BCUT2D eigenvalue weighted by Crippen LogP contribution is -1.94. The first kappa shape index (κ1) is 9.51. The van der Waals surface area contributed by atoms with Gasteiger partial charge in [-0.25, -0.2) is 0 Å². The first-order valence-corrected chi connectivity index (χ1v) is 3.70. The van der Waals surface area contributed by atoms with Crippen molar-refractivity contribution in [1.29, 1.82) is 0 Å². The summed E-state index contributed by atoms with van der Waals surface area (Å²) in [7, 11) is 4.38. The van der Waals surface area contributed by atoms with Crippen molar-refractivity contribution in [3.05, 3.63) is 12.1 Å². The van der Waals surface area contributed by atoms with Crippen molar-refractivity contribution < 1.29 is 19.3 Å². The molecule has 0 aliphatic heterocycles. The van der Waals surface area contributed by atoms with Gasteiger partial charge in [0.15, 0.2) is 5.75 Å². The quantitative estimate of drug-likeness (QED) is 0.718. The normalized spacial score (nSPS) is 9.46. The van der Waals surface area contributed by atoms with E-state index >= 15 is 0 Å². The van der Waals surface area contributed by atoms with Gasteiger partial charge in [0.25, 0.3) is 0 Å². The average molecular weight is 183 g/mol. The van der Waals surface area contributed by atoms with Gasteiger partial charge in [-0.1, -0.05) is 0 Å². The van der Waals surface area contributed by atoms with E-state index in [1.165, 1.54) is 27.4 Å². The summed E-state index contributed by atoms with van der Waals surface area (Å²) in [5.41, 5.74) is 0. The lowest BCUT2D eigenvalue weighted by atomic mass is 10.2. The standard InChI is InChI=1S/C9H11O4/c1-11-7-5-4-6(10)8(12-2)9(7)13-3/h4-5H,1-3H3. The van der Waals surface area contributed by atoms with Gasteiger partial charge in [-0.15, -0.1) is 0 Å². The van der Waals surface area contributed by atoms with Crippen LogP contribution in [0.3, 0.4) is 0 Å². The van der Waals surface area contributed by atoms with E-state index in [-0.39, 0.29) is 11.5 Å². The van der Waals surface area contributed by atoms with Crippen LogP contribution < -0.4 is 14.2 Å². The molecule has 0 heterocycles. The lowest BCUT2D eigenvalue weighted by Gasteiger charge is -2.11. The SMILES string of the molecule is COc1ccc([O])c(OC)c1OC. The molecule has 4 heteroatoms. The van der Waals surface area contributed by atoms with Crippen molar-refractivity contribution in [1.82, 2.24) is 0 Å². The second-order valence-electron chi connectivity index (χ2n) is 2.33. The number of ether oxygens (including phenoxy) is 3. The minimum atomic E-state index is -0.222. The van der Waals surface area contributed by atoms with Gasteiger partial charge in [-0.05, 0) is 12.1 Å². The summed E-state index contributed by atoms with van der Waals surface area (Å²) in [5.74, 6) is 0.762. The molecule has 1 rings (SSSR count). The summed E-state index contributed by atoms with van der Waals surface area (Å²) in [5, 5.41) is 11.2. The third-order valence-electron chi connectivity index (χ3n) is 1.67. The molecule has 0 bridgehead atoms. The van der Waals surface area contributed by atoms with Crippen molar-refractivity contribution in [2.45, 2.75) is 0 Å². The fraction of sp³-hybridized carbons (Fsp3) is 0.333. The highest BCUT2D eigenvalue weighted by atomic mass is 16.5. The number of methoxy groups -OCH3 is 3. The van der Waals surface area contributed by atoms with E-state index in [1.807, 2.05) is 0 Å². The predicted molar refractivity (Wildman–Crippen MR) is 46.2 cm³/mol. The van der Waals surface area contributed by atoms with Crippen LogP contribution in [-0.2, 0) is 5.11 Å². The number of hydrogen-bond donors (Lipinski definition) is 0. The highest BCUT2D eigenvalue weighted by Crippen LogP contribution is 2.43. The molecular weight excluding hydrogens is 172 g/mol. The number of rotatable bonds is 3. The van der Waals surface area contributed by atoms with E-state index in [4.69, 9.17) is 14.2 Å². The van der Waals surface area contributed by atoms with Gasteiger partial charge < -0.3 is 14.2 Å². The highest BCUT2D eigenvalue weighted by Gasteiger charge is 2.15. The highest BCUT2D eigenvalue weighted by molar-refractivity contribution is 5.58. The Balaban J connectivity index is 3.27. The third kappa shape index (κ3) is 1.61. The molecule has 0 spiro atoms. The molecule has 71 valence electrons. The zero-order valence-electron chi connectivity index (χ0n) is 7.79. The zero-order valence-corrected chi connectivity index (χ0v) is 7.79. The van der Waals surface area contributed by atoms with Crippen LogP contribution in [-0.4, -0.2) is 21.3 Å². The second-order valence-corrected chi connectivity index (χ2v) is 2.33. The molecule has 0 aliphatic rings.